The molecule has 0 aliphatic heterocycles. The second kappa shape index (κ2) is 7.33. The molecule has 0 bridgehead atoms. The molecule has 0 saturated heterocycles. The van der Waals surface area contributed by atoms with Gasteiger partial charge in [-0.05, 0) is 25.0 Å². The van der Waals surface area contributed by atoms with Crippen LogP contribution in [0.4, 0.5) is 0 Å². The van der Waals surface area contributed by atoms with Crippen LogP contribution in [0.2, 0.25) is 0 Å². The van der Waals surface area contributed by atoms with Crippen LogP contribution in [0.5, 0.6) is 5.75 Å². The quantitative estimate of drug-likeness (QED) is 0.836. The molecule has 0 spiro atoms. The number of nitriles is 1. The van der Waals surface area contributed by atoms with Crippen LogP contribution in [0.1, 0.15) is 30.0 Å². The van der Waals surface area contributed by atoms with Gasteiger partial charge in [-0.15, -0.1) is 19.0 Å². The van der Waals surface area contributed by atoms with Gasteiger partial charge in [0.15, 0.2) is 0 Å². The Bertz CT molecular complexity index is 443. The molecule has 3 nitrogen and oxygen atoms in total. The first-order valence-corrected chi connectivity index (χ1v) is 5.69. The summed E-state index contributed by atoms with van der Waals surface area (Å²) in [4.78, 5) is 0. The van der Waals surface area contributed by atoms with Crippen LogP contribution in [-0.4, -0.2) is 5.11 Å². The van der Waals surface area contributed by atoms with Gasteiger partial charge in [-0.3, -0.25) is 0 Å². The monoisotopic (exact) mass is 316 g/mol. The van der Waals surface area contributed by atoms with Gasteiger partial charge < -0.3 is 10.8 Å². The normalized spacial score (nSPS) is 11.1. The van der Waals surface area contributed by atoms with Crippen LogP contribution < -0.4 is 5.73 Å². The molecular weight excluding hydrogens is 304 g/mol. The Kier molecular flexibility index (Phi) is 6.89. The first kappa shape index (κ1) is 16.0. The maximum absolute atomic E-state index is 9.88. The van der Waals surface area contributed by atoms with Gasteiger partial charge >= 0.3 is 0 Å². The smallest absolute Gasteiger partial charge is 0.139 e. The van der Waals surface area contributed by atoms with Gasteiger partial charge in [0.2, 0.25) is 0 Å². The van der Waals surface area contributed by atoms with Crippen LogP contribution >= 0.6 is 28.3 Å². The number of hydrogen-bond acceptors (Lipinski definition) is 3. The Morgan fingerprint density at radius 3 is 2.76 bits per heavy atom. The van der Waals surface area contributed by atoms with Gasteiger partial charge in [-0.1, -0.05) is 22.0 Å². The van der Waals surface area contributed by atoms with Gasteiger partial charge in [0.05, 0.1) is 5.56 Å². The summed E-state index contributed by atoms with van der Waals surface area (Å²) in [5.74, 6) is -0.0339. The van der Waals surface area contributed by atoms with Crippen molar-refractivity contribution in [2.45, 2.75) is 18.9 Å². The van der Waals surface area contributed by atoms with Crippen LogP contribution in [0.15, 0.2) is 29.3 Å². The van der Waals surface area contributed by atoms with E-state index in [9.17, 15) is 5.11 Å². The number of halogens is 2. The Balaban J connectivity index is 0.00000256. The van der Waals surface area contributed by atoms with E-state index in [1.54, 1.807) is 18.2 Å². The minimum absolute atomic E-state index is 0. The molecule has 1 aromatic carbocycles. The van der Waals surface area contributed by atoms with E-state index in [0.29, 0.717) is 12.0 Å². The molecule has 0 unspecified atom stereocenters. The van der Waals surface area contributed by atoms with E-state index in [-0.39, 0.29) is 29.8 Å². The predicted octanol–water partition coefficient (Wildman–Crippen LogP) is 3.41. The predicted molar refractivity (Wildman–Crippen MR) is 74.1 cm³/mol. The van der Waals surface area contributed by atoms with Gasteiger partial charge in [0, 0.05) is 16.1 Å². The minimum Gasteiger partial charge on any atom is -0.506 e. The highest BCUT2D eigenvalue weighted by Crippen LogP contribution is 2.35. The molecular formula is C12H14BrClN2O. The number of rotatable bonds is 4. The van der Waals surface area contributed by atoms with Crippen molar-refractivity contribution in [2.75, 3.05) is 0 Å². The zero-order valence-electron chi connectivity index (χ0n) is 9.19. The summed E-state index contributed by atoms with van der Waals surface area (Å²) in [7, 11) is 0. The molecule has 0 radical (unpaired) electrons. The Morgan fingerprint density at radius 2 is 2.24 bits per heavy atom. The molecule has 0 aliphatic rings. The third-order valence-corrected chi connectivity index (χ3v) is 3.03. The third-order valence-electron chi connectivity index (χ3n) is 2.34. The van der Waals surface area contributed by atoms with Gasteiger partial charge in [0.25, 0.3) is 0 Å². The van der Waals surface area contributed by atoms with E-state index in [0.717, 1.165) is 10.9 Å². The summed E-state index contributed by atoms with van der Waals surface area (Å²) in [6.45, 7) is 3.62. The highest BCUT2D eigenvalue weighted by atomic mass is 79.9. The largest absolute Gasteiger partial charge is 0.506 e. The summed E-state index contributed by atoms with van der Waals surface area (Å²) in [6, 6.07) is 4.90. The second-order valence-electron chi connectivity index (χ2n) is 3.44. The van der Waals surface area contributed by atoms with Crippen LogP contribution in [0.25, 0.3) is 0 Å². The average molecular weight is 318 g/mol. The number of phenolic OH excluding ortho intramolecular Hbond substituents is 1. The van der Waals surface area contributed by atoms with Gasteiger partial charge in [0.1, 0.15) is 11.8 Å². The Morgan fingerprint density at radius 1 is 1.59 bits per heavy atom. The molecule has 0 amide bonds. The first-order chi connectivity index (χ1) is 7.61. The minimum atomic E-state index is -0.305. The number of benzene rings is 1. The zero-order chi connectivity index (χ0) is 12.1. The molecule has 92 valence electrons. The summed E-state index contributed by atoms with van der Waals surface area (Å²) in [6.07, 6.45) is 3.23. The van der Waals surface area contributed by atoms with E-state index in [1.165, 1.54) is 0 Å². The van der Waals surface area contributed by atoms with Crippen molar-refractivity contribution in [3.05, 3.63) is 40.4 Å². The fourth-order valence-electron chi connectivity index (χ4n) is 1.47. The molecule has 3 N–H and O–H groups in total. The summed E-state index contributed by atoms with van der Waals surface area (Å²) in [5, 5.41) is 18.7. The van der Waals surface area contributed by atoms with Crippen molar-refractivity contribution in [3.63, 3.8) is 0 Å². The molecule has 0 saturated carbocycles. The molecule has 0 aliphatic carbocycles. The second-order valence-corrected chi connectivity index (χ2v) is 4.30. The van der Waals surface area contributed by atoms with Crippen molar-refractivity contribution in [3.8, 4) is 11.8 Å². The lowest BCUT2D eigenvalue weighted by Gasteiger charge is -2.15. The molecule has 1 atom stereocenters. The number of hydrogen-bond donors (Lipinski definition) is 2. The average Bonchev–Trinajstić information content (AvgIpc) is 2.26. The van der Waals surface area contributed by atoms with E-state index >= 15 is 0 Å². The topological polar surface area (TPSA) is 70.0 Å². The lowest BCUT2D eigenvalue weighted by Crippen LogP contribution is -2.11. The molecule has 0 aromatic heterocycles. The summed E-state index contributed by atoms with van der Waals surface area (Å²) >= 11 is 3.33. The lowest BCUT2D eigenvalue weighted by atomic mass is 9.99. The molecule has 1 rings (SSSR count). The SMILES string of the molecule is C=CCC[C@@H](N)c1c(Br)ccc(C#N)c1O.Cl. The maximum Gasteiger partial charge on any atom is 0.139 e. The van der Waals surface area contributed by atoms with Crippen molar-refractivity contribution in [1.29, 1.82) is 5.26 Å². The molecule has 17 heavy (non-hydrogen) atoms. The van der Waals surface area contributed by atoms with Crippen molar-refractivity contribution in [2.24, 2.45) is 5.73 Å². The van der Waals surface area contributed by atoms with Crippen LogP contribution in [-0.2, 0) is 0 Å². The Labute approximate surface area is 115 Å². The van der Waals surface area contributed by atoms with Gasteiger partial charge in [-0.2, -0.15) is 5.26 Å². The Hall–Kier alpha value is -1.02. The van der Waals surface area contributed by atoms with Crippen LogP contribution in [0, 0.1) is 11.3 Å². The van der Waals surface area contributed by atoms with E-state index in [4.69, 9.17) is 11.0 Å². The number of allylic oxidation sites excluding steroid dienone is 1. The highest BCUT2D eigenvalue weighted by Gasteiger charge is 2.17. The van der Waals surface area contributed by atoms with E-state index in [2.05, 4.69) is 22.5 Å². The number of nitrogens with two attached hydrogens (primary N) is 1. The van der Waals surface area contributed by atoms with Crippen LogP contribution in [0.3, 0.4) is 0 Å². The molecule has 5 heteroatoms. The standard InChI is InChI=1S/C12H13BrN2O.ClH/c1-2-3-4-10(15)11-9(13)6-5-8(7-14)12(11)16;/h2,5-6,10,16H,1,3-4,15H2;1H/t10-;/m1./s1. The van der Waals surface area contributed by atoms with Crippen molar-refractivity contribution >= 4 is 28.3 Å². The zero-order valence-corrected chi connectivity index (χ0v) is 11.6. The molecule has 0 fully saturated rings. The summed E-state index contributed by atoms with van der Waals surface area (Å²) in [5.41, 5.74) is 6.79. The number of nitrogens with zero attached hydrogens (tertiary/aromatic N) is 1. The van der Waals surface area contributed by atoms with E-state index < -0.39 is 0 Å². The third kappa shape index (κ3) is 3.74. The van der Waals surface area contributed by atoms with E-state index in [1.807, 2.05) is 6.07 Å². The molecule has 1 aromatic rings. The molecule has 0 heterocycles. The fourth-order valence-corrected chi connectivity index (χ4v) is 2.08. The number of aromatic hydroxyl groups is 1. The highest BCUT2D eigenvalue weighted by molar-refractivity contribution is 9.10. The first-order valence-electron chi connectivity index (χ1n) is 4.89. The summed E-state index contributed by atoms with van der Waals surface area (Å²) < 4.78 is 0.723. The van der Waals surface area contributed by atoms with Crippen molar-refractivity contribution in [1.82, 2.24) is 0 Å². The number of phenols is 1. The fraction of sp³-hybridized carbons (Fsp3) is 0.250. The van der Waals surface area contributed by atoms with Gasteiger partial charge in [-0.25, -0.2) is 0 Å². The maximum atomic E-state index is 9.88. The lowest BCUT2D eigenvalue weighted by molar-refractivity contribution is 0.456. The van der Waals surface area contributed by atoms with Crippen molar-refractivity contribution < 1.29 is 5.11 Å².